The van der Waals surface area contributed by atoms with Crippen LogP contribution < -0.4 is 5.73 Å². The van der Waals surface area contributed by atoms with Gasteiger partial charge in [0, 0.05) is 5.69 Å². The van der Waals surface area contributed by atoms with E-state index in [9.17, 15) is 5.11 Å². The van der Waals surface area contributed by atoms with E-state index in [1.165, 1.54) is 6.07 Å². The van der Waals surface area contributed by atoms with Gasteiger partial charge in [0.1, 0.15) is 0 Å². The van der Waals surface area contributed by atoms with Gasteiger partial charge in [-0.05, 0) is 30.7 Å². The van der Waals surface area contributed by atoms with Crippen molar-refractivity contribution in [2.45, 2.75) is 6.92 Å². The minimum absolute atomic E-state index is 0.0456. The minimum Gasteiger partial charge on any atom is -0.399 e. The fourth-order valence-corrected chi connectivity index (χ4v) is 0.673. The van der Waals surface area contributed by atoms with Gasteiger partial charge in [0.15, 0.2) is 5.75 Å². The molecule has 0 aliphatic carbocycles. The molecule has 0 saturated carbocycles. The first kappa shape index (κ1) is 5.95. The van der Waals surface area contributed by atoms with Crippen LogP contribution in [0.3, 0.4) is 0 Å². The highest BCUT2D eigenvalue weighted by Gasteiger charge is 1.94. The van der Waals surface area contributed by atoms with Crippen molar-refractivity contribution in [1.82, 2.24) is 0 Å². The van der Waals surface area contributed by atoms with Crippen LogP contribution in [0.15, 0.2) is 18.2 Å². The summed E-state index contributed by atoms with van der Waals surface area (Å²) in [6.45, 7) is 1.75. The summed E-state index contributed by atoms with van der Waals surface area (Å²) in [5.74, 6) is 0.0456. The van der Waals surface area contributed by atoms with Crippen molar-refractivity contribution in [3.05, 3.63) is 23.8 Å². The zero-order chi connectivity index (χ0) is 6.85. The Morgan fingerprint density at radius 3 is 2.56 bits per heavy atom. The number of benzene rings is 1. The van der Waals surface area contributed by atoms with E-state index >= 15 is 0 Å². The van der Waals surface area contributed by atoms with Gasteiger partial charge < -0.3 is 5.73 Å². The molecule has 2 N–H and O–H groups in total. The zero-order valence-corrected chi connectivity index (χ0v) is 5.22. The second-order valence-electron chi connectivity index (χ2n) is 2.02. The number of hydrogen-bond acceptors (Lipinski definition) is 1. The van der Waals surface area contributed by atoms with Crippen LogP contribution in [0.1, 0.15) is 5.56 Å². The van der Waals surface area contributed by atoms with Crippen LogP contribution in [-0.2, 0) is 5.11 Å². The van der Waals surface area contributed by atoms with E-state index in [2.05, 4.69) is 0 Å². The van der Waals surface area contributed by atoms with Crippen molar-refractivity contribution < 1.29 is 5.11 Å². The van der Waals surface area contributed by atoms with Crippen LogP contribution >= 0.6 is 0 Å². The lowest BCUT2D eigenvalue weighted by Gasteiger charge is -1.94. The fourth-order valence-electron chi connectivity index (χ4n) is 0.673. The van der Waals surface area contributed by atoms with E-state index in [4.69, 9.17) is 5.73 Å². The standard InChI is InChI=1S/C7H8NO/c1-5-4-6(8)2-3-7(5)9/h2-4H,8H2,1H3. The molecular weight excluding hydrogens is 114 g/mol. The first-order valence-corrected chi connectivity index (χ1v) is 2.73. The normalized spacial score (nSPS) is 9.44. The quantitative estimate of drug-likeness (QED) is 0.523. The average Bonchev–Trinajstić information content (AvgIpc) is 1.80. The van der Waals surface area contributed by atoms with Crippen molar-refractivity contribution in [2.24, 2.45) is 0 Å². The lowest BCUT2D eigenvalue weighted by molar-refractivity contribution is 0.352. The van der Waals surface area contributed by atoms with Gasteiger partial charge in [-0.2, -0.15) is 0 Å². The predicted molar refractivity (Wildman–Crippen MR) is 35.7 cm³/mol. The van der Waals surface area contributed by atoms with Crippen LogP contribution in [0.25, 0.3) is 0 Å². The number of nitrogen functional groups attached to an aromatic ring is 1. The van der Waals surface area contributed by atoms with Crippen molar-refractivity contribution in [3.63, 3.8) is 0 Å². The fraction of sp³-hybridized carbons (Fsp3) is 0.143. The Kier molecular flexibility index (Phi) is 1.30. The van der Waals surface area contributed by atoms with Crippen molar-refractivity contribution in [2.75, 3.05) is 5.73 Å². The first-order chi connectivity index (χ1) is 4.20. The van der Waals surface area contributed by atoms with E-state index in [0.29, 0.717) is 11.3 Å². The van der Waals surface area contributed by atoms with E-state index in [1.807, 2.05) is 0 Å². The molecule has 1 aromatic rings. The van der Waals surface area contributed by atoms with E-state index in [-0.39, 0.29) is 5.75 Å². The Hall–Kier alpha value is -1.18. The molecule has 0 aliphatic rings. The SMILES string of the molecule is Cc1cc(N)ccc1[O]. The monoisotopic (exact) mass is 122 g/mol. The highest BCUT2D eigenvalue weighted by Crippen LogP contribution is 2.18. The highest BCUT2D eigenvalue weighted by molar-refractivity contribution is 5.46. The molecule has 1 rings (SSSR count). The van der Waals surface area contributed by atoms with Gasteiger partial charge in [0.2, 0.25) is 0 Å². The van der Waals surface area contributed by atoms with Crippen LogP contribution in [0.5, 0.6) is 5.75 Å². The van der Waals surface area contributed by atoms with Crippen LogP contribution in [0.4, 0.5) is 5.69 Å². The maximum absolute atomic E-state index is 10.7. The summed E-state index contributed by atoms with van der Waals surface area (Å²) >= 11 is 0. The Morgan fingerprint density at radius 1 is 1.44 bits per heavy atom. The summed E-state index contributed by atoms with van der Waals surface area (Å²) in [6, 6.07) is 4.75. The lowest BCUT2D eigenvalue weighted by Crippen LogP contribution is -1.83. The molecule has 0 atom stereocenters. The number of anilines is 1. The Bertz CT molecular complexity index is 220. The molecule has 1 radical (unpaired) electrons. The smallest absolute Gasteiger partial charge is 0.181 e. The van der Waals surface area contributed by atoms with Gasteiger partial charge in [-0.15, -0.1) is 0 Å². The van der Waals surface area contributed by atoms with E-state index in [0.717, 1.165) is 0 Å². The molecule has 2 heteroatoms. The Balaban J connectivity index is 3.17. The van der Waals surface area contributed by atoms with Crippen molar-refractivity contribution >= 4 is 5.69 Å². The average molecular weight is 122 g/mol. The molecule has 0 spiro atoms. The molecule has 0 bridgehead atoms. The molecule has 0 saturated heterocycles. The molecule has 0 unspecified atom stereocenters. The van der Waals surface area contributed by atoms with E-state index in [1.54, 1.807) is 19.1 Å². The molecule has 47 valence electrons. The third-order valence-corrected chi connectivity index (χ3v) is 1.20. The Morgan fingerprint density at radius 2 is 2.11 bits per heavy atom. The maximum atomic E-state index is 10.7. The highest BCUT2D eigenvalue weighted by atomic mass is 16.3. The second-order valence-corrected chi connectivity index (χ2v) is 2.02. The molecule has 0 amide bonds. The number of rotatable bonds is 0. The Labute approximate surface area is 53.9 Å². The van der Waals surface area contributed by atoms with E-state index < -0.39 is 0 Å². The van der Waals surface area contributed by atoms with Gasteiger partial charge >= 0.3 is 0 Å². The number of nitrogens with two attached hydrogens (primary N) is 1. The third-order valence-electron chi connectivity index (χ3n) is 1.20. The second kappa shape index (κ2) is 1.97. The predicted octanol–water partition coefficient (Wildman–Crippen LogP) is 1.72. The van der Waals surface area contributed by atoms with Crippen LogP contribution in [-0.4, -0.2) is 0 Å². The van der Waals surface area contributed by atoms with Gasteiger partial charge in [0.05, 0.1) is 0 Å². The molecular formula is C7H8NO. The van der Waals surface area contributed by atoms with Crippen LogP contribution in [0, 0.1) is 6.92 Å². The number of aryl methyl sites for hydroxylation is 1. The van der Waals surface area contributed by atoms with Crippen LogP contribution in [0.2, 0.25) is 0 Å². The molecule has 0 fully saturated rings. The number of hydrogen-bond donors (Lipinski definition) is 1. The van der Waals surface area contributed by atoms with Gasteiger partial charge in [-0.3, -0.25) is 5.11 Å². The molecule has 0 aliphatic heterocycles. The molecule has 0 heterocycles. The molecule has 9 heavy (non-hydrogen) atoms. The summed E-state index contributed by atoms with van der Waals surface area (Å²) < 4.78 is 0. The van der Waals surface area contributed by atoms with Crippen molar-refractivity contribution in [3.8, 4) is 5.75 Å². The molecule has 2 nitrogen and oxygen atoms in total. The third kappa shape index (κ3) is 1.13. The zero-order valence-electron chi connectivity index (χ0n) is 5.22. The van der Waals surface area contributed by atoms with Gasteiger partial charge in [-0.25, -0.2) is 0 Å². The topological polar surface area (TPSA) is 45.9 Å². The summed E-state index contributed by atoms with van der Waals surface area (Å²) in [4.78, 5) is 0. The van der Waals surface area contributed by atoms with Crippen molar-refractivity contribution in [1.29, 1.82) is 0 Å². The lowest BCUT2D eigenvalue weighted by atomic mass is 10.2. The largest absolute Gasteiger partial charge is 0.399 e. The molecule has 0 aromatic heterocycles. The summed E-state index contributed by atoms with van der Waals surface area (Å²) in [7, 11) is 0. The summed E-state index contributed by atoms with van der Waals surface area (Å²) in [5, 5.41) is 10.7. The maximum Gasteiger partial charge on any atom is 0.181 e. The summed E-state index contributed by atoms with van der Waals surface area (Å²) in [5.41, 5.74) is 6.74. The molecule has 1 aromatic carbocycles. The minimum atomic E-state index is 0.0456. The van der Waals surface area contributed by atoms with Gasteiger partial charge in [0.25, 0.3) is 0 Å². The van der Waals surface area contributed by atoms with Gasteiger partial charge in [-0.1, -0.05) is 0 Å². The first-order valence-electron chi connectivity index (χ1n) is 2.73. The summed E-state index contributed by atoms with van der Waals surface area (Å²) in [6.07, 6.45) is 0.